The van der Waals surface area contributed by atoms with Crippen LogP contribution in [0.3, 0.4) is 0 Å². The van der Waals surface area contributed by atoms with Crippen LogP contribution in [0.15, 0.2) is 97.3 Å². The van der Waals surface area contributed by atoms with Gasteiger partial charge in [-0.2, -0.15) is 0 Å². The number of rotatable bonds is 9. The smallest absolute Gasteiger partial charge is 0.342 e. The molecule has 9 heteroatoms. The predicted octanol–water partition coefficient (Wildman–Crippen LogP) is 4.35. The molecule has 1 amide bonds. The Balaban J connectivity index is 1.66. The molecule has 0 aliphatic carbocycles. The first-order valence-corrected chi connectivity index (χ1v) is 10.6. The first-order chi connectivity index (χ1) is 16.6. The maximum absolute atomic E-state index is 12.4. The minimum atomic E-state index is -0.546. The Morgan fingerprint density at radius 3 is 1.88 bits per heavy atom. The highest BCUT2D eigenvalue weighted by Gasteiger charge is 2.28. The Morgan fingerprint density at radius 2 is 1.35 bits per heavy atom. The zero-order chi connectivity index (χ0) is 23.8. The molecule has 0 spiro atoms. The second kappa shape index (κ2) is 10.7. The number of nitrogens with one attached hydrogen (secondary N) is 2. The average Bonchev–Trinajstić information content (AvgIpc) is 2.88. The lowest BCUT2D eigenvalue weighted by Crippen LogP contribution is -2.31. The van der Waals surface area contributed by atoms with Crippen LogP contribution in [0.1, 0.15) is 21.5 Å². The molecule has 0 saturated carbocycles. The summed E-state index contributed by atoms with van der Waals surface area (Å²) in [5, 5.41) is 12.1. The van der Waals surface area contributed by atoms with Crippen LogP contribution in [-0.4, -0.2) is 20.8 Å². The van der Waals surface area contributed by atoms with Crippen molar-refractivity contribution < 1.29 is 9.72 Å². The zero-order valence-electron chi connectivity index (χ0n) is 18.2. The minimum Gasteiger partial charge on any atom is -0.342 e. The van der Waals surface area contributed by atoms with Crippen molar-refractivity contribution >= 4 is 23.2 Å². The third kappa shape index (κ3) is 5.52. The number of hydrogen-bond acceptors (Lipinski definition) is 7. The second-order valence-corrected chi connectivity index (χ2v) is 7.42. The Kier molecular flexibility index (Phi) is 7.04. The molecule has 0 unspecified atom stereocenters. The van der Waals surface area contributed by atoms with Crippen LogP contribution in [0.5, 0.6) is 0 Å². The lowest BCUT2D eigenvalue weighted by atomic mass is 10.1. The van der Waals surface area contributed by atoms with Gasteiger partial charge in [0.05, 0.1) is 4.92 Å². The topological polar surface area (TPSA) is 113 Å². The molecule has 0 radical (unpaired) electrons. The second-order valence-electron chi connectivity index (χ2n) is 7.42. The number of aromatic nitrogens is 2. The number of anilines is 2. The Hall–Kier alpha value is -4.79. The molecular weight excluding hydrogens is 432 g/mol. The summed E-state index contributed by atoms with van der Waals surface area (Å²) in [7, 11) is 0. The van der Waals surface area contributed by atoms with Crippen LogP contribution >= 0.6 is 0 Å². The van der Waals surface area contributed by atoms with Gasteiger partial charge in [0.1, 0.15) is 6.33 Å². The number of benzene rings is 3. The van der Waals surface area contributed by atoms with Gasteiger partial charge in [0.25, 0.3) is 5.91 Å². The monoisotopic (exact) mass is 454 g/mol. The van der Waals surface area contributed by atoms with Gasteiger partial charge in [-0.3, -0.25) is 25.8 Å². The van der Waals surface area contributed by atoms with E-state index in [2.05, 4.69) is 20.8 Å². The predicted molar refractivity (Wildman–Crippen MR) is 129 cm³/mol. The van der Waals surface area contributed by atoms with Gasteiger partial charge in [-0.25, -0.2) is 9.97 Å². The van der Waals surface area contributed by atoms with Gasteiger partial charge in [0.15, 0.2) is 0 Å². The van der Waals surface area contributed by atoms with Crippen LogP contribution in [0.4, 0.5) is 17.3 Å². The molecule has 34 heavy (non-hydrogen) atoms. The van der Waals surface area contributed by atoms with Gasteiger partial charge in [0, 0.05) is 18.7 Å². The van der Waals surface area contributed by atoms with Crippen LogP contribution < -0.4 is 15.8 Å². The zero-order valence-corrected chi connectivity index (χ0v) is 18.2. The maximum atomic E-state index is 12.4. The van der Waals surface area contributed by atoms with Gasteiger partial charge in [0.2, 0.25) is 11.6 Å². The highest BCUT2D eigenvalue weighted by atomic mass is 16.6. The van der Waals surface area contributed by atoms with E-state index >= 15 is 0 Å². The average molecular weight is 454 g/mol. The van der Waals surface area contributed by atoms with E-state index in [0.717, 1.165) is 11.1 Å². The molecule has 0 aliphatic heterocycles. The molecule has 2 N–H and O–H groups in total. The molecule has 0 saturated heterocycles. The summed E-state index contributed by atoms with van der Waals surface area (Å²) < 4.78 is 0. The molecule has 4 rings (SSSR count). The van der Waals surface area contributed by atoms with Crippen molar-refractivity contribution in [2.24, 2.45) is 0 Å². The molecule has 0 atom stereocenters. The van der Waals surface area contributed by atoms with Crippen LogP contribution in [-0.2, 0) is 13.1 Å². The van der Waals surface area contributed by atoms with Gasteiger partial charge < -0.3 is 4.90 Å². The van der Waals surface area contributed by atoms with Crippen molar-refractivity contribution in [2.75, 3.05) is 10.3 Å². The van der Waals surface area contributed by atoms with Crippen LogP contribution in [0.2, 0.25) is 0 Å². The molecular formula is C25H22N6O3. The molecule has 170 valence electrons. The molecule has 0 bridgehead atoms. The van der Waals surface area contributed by atoms with E-state index in [1.165, 1.54) is 6.33 Å². The van der Waals surface area contributed by atoms with Crippen LogP contribution in [0, 0.1) is 10.1 Å². The van der Waals surface area contributed by atoms with Crippen molar-refractivity contribution in [3.8, 4) is 0 Å². The fourth-order valence-corrected chi connectivity index (χ4v) is 3.45. The lowest BCUT2D eigenvalue weighted by Gasteiger charge is -2.24. The van der Waals surface area contributed by atoms with E-state index in [-0.39, 0.29) is 17.3 Å². The van der Waals surface area contributed by atoms with E-state index in [1.54, 1.807) is 30.3 Å². The summed E-state index contributed by atoms with van der Waals surface area (Å²) in [6, 6.07) is 27.8. The van der Waals surface area contributed by atoms with Gasteiger partial charge in [-0.1, -0.05) is 78.9 Å². The summed E-state index contributed by atoms with van der Waals surface area (Å²) in [4.78, 5) is 34.1. The van der Waals surface area contributed by atoms with Crippen molar-refractivity contribution in [1.29, 1.82) is 0 Å². The number of hydrazine groups is 1. The quantitative estimate of drug-likeness (QED) is 0.285. The number of carbonyl (C=O) groups excluding carboxylic acids is 1. The third-order valence-corrected chi connectivity index (χ3v) is 5.05. The molecule has 0 aliphatic rings. The van der Waals surface area contributed by atoms with Gasteiger partial charge in [-0.05, 0) is 23.3 Å². The lowest BCUT2D eigenvalue weighted by molar-refractivity contribution is -0.383. The summed E-state index contributed by atoms with van der Waals surface area (Å²) >= 11 is 0. The van der Waals surface area contributed by atoms with Crippen molar-refractivity contribution in [1.82, 2.24) is 15.4 Å². The number of hydrogen-bond donors (Lipinski definition) is 2. The first kappa shape index (κ1) is 22.4. The normalized spacial score (nSPS) is 10.4. The van der Waals surface area contributed by atoms with E-state index in [1.807, 2.05) is 65.6 Å². The largest absolute Gasteiger partial charge is 0.355 e. The van der Waals surface area contributed by atoms with Gasteiger partial charge >= 0.3 is 5.69 Å². The number of nitro groups is 1. The van der Waals surface area contributed by atoms with Gasteiger partial charge in [-0.15, -0.1) is 0 Å². The fourth-order valence-electron chi connectivity index (χ4n) is 3.45. The standard InChI is InChI=1S/C25H22N6O3/c32-25(21-14-8-3-9-15-21)29-28-23-22(31(33)34)24(27-18-26-23)30(16-19-10-4-1-5-11-19)17-20-12-6-2-7-13-20/h1-15,18H,16-17H2,(H,29,32)(H,26,27,28). The Morgan fingerprint density at radius 1 is 0.824 bits per heavy atom. The van der Waals surface area contributed by atoms with Crippen molar-refractivity contribution in [2.45, 2.75) is 13.1 Å². The highest BCUT2D eigenvalue weighted by Crippen LogP contribution is 2.33. The molecule has 1 aromatic heterocycles. The summed E-state index contributed by atoms with van der Waals surface area (Å²) in [6.45, 7) is 0.785. The molecule has 4 aromatic rings. The Bertz CT molecular complexity index is 1210. The van der Waals surface area contributed by atoms with Crippen molar-refractivity contribution in [3.63, 3.8) is 0 Å². The highest BCUT2D eigenvalue weighted by molar-refractivity contribution is 5.95. The number of amides is 1. The molecule has 1 heterocycles. The van der Waals surface area contributed by atoms with E-state index < -0.39 is 10.8 Å². The minimum absolute atomic E-state index is 0.106. The maximum Gasteiger partial charge on any atom is 0.355 e. The first-order valence-electron chi connectivity index (χ1n) is 10.6. The summed E-state index contributed by atoms with van der Waals surface area (Å²) in [6.07, 6.45) is 1.24. The summed E-state index contributed by atoms with van der Waals surface area (Å²) in [5.41, 5.74) is 7.09. The van der Waals surface area contributed by atoms with Crippen molar-refractivity contribution in [3.05, 3.63) is 124 Å². The van der Waals surface area contributed by atoms with E-state index in [9.17, 15) is 14.9 Å². The molecule has 3 aromatic carbocycles. The number of carbonyl (C=O) groups is 1. The number of nitrogens with zero attached hydrogens (tertiary/aromatic N) is 4. The van der Waals surface area contributed by atoms with Crippen LogP contribution in [0.25, 0.3) is 0 Å². The third-order valence-electron chi connectivity index (χ3n) is 5.05. The van der Waals surface area contributed by atoms with E-state index in [4.69, 9.17) is 0 Å². The summed E-state index contributed by atoms with van der Waals surface area (Å²) in [5.74, 6) is -0.407. The Labute approximate surface area is 196 Å². The van der Waals surface area contributed by atoms with E-state index in [0.29, 0.717) is 18.7 Å². The SMILES string of the molecule is O=C(NNc1ncnc(N(Cc2ccccc2)Cc2ccccc2)c1[N+](=O)[O-])c1ccccc1. The molecule has 9 nitrogen and oxygen atoms in total. The fraction of sp³-hybridized carbons (Fsp3) is 0.0800. The molecule has 0 fully saturated rings.